The van der Waals surface area contributed by atoms with Crippen molar-refractivity contribution in [3.8, 4) is 0 Å². The highest BCUT2D eigenvalue weighted by Crippen LogP contribution is 2.70. The van der Waals surface area contributed by atoms with Crippen LogP contribution in [-0.4, -0.2) is 56.1 Å². The number of amides is 1. The number of carbonyl (C=O) groups excluding carboxylic acids is 3. The molecule has 2 bridgehead atoms. The van der Waals surface area contributed by atoms with Crippen LogP contribution in [0.2, 0.25) is 0 Å². The first-order chi connectivity index (χ1) is 14.4. The molecule has 172 valence electrons. The minimum absolute atomic E-state index is 0.0294. The van der Waals surface area contributed by atoms with Crippen molar-refractivity contribution in [2.75, 3.05) is 19.5 Å². The number of esters is 2. The summed E-state index contributed by atoms with van der Waals surface area (Å²) in [4.78, 5) is 38.5. The van der Waals surface area contributed by atoms with Crippen LogP contribution in [0.15, 0.2) is 11.6 Å². The molecule has 2 saturated carbocycles. The van der Waals surface area contributed by atoms with Gasteiger partial charge in [0.1, 0.15) is 0 Å². The highest BCUT2D eigenvalue weighted by atomic mass is 32.2. The zero-order valence-electron chi connectivity index (χ0n) is 18.6. The Labute approximate surface area is 183 Å². The summed E-state index contributed by atoms with van der Waals surface area (Å²) in [6.45, 7) is 6.12. The van der Waals surface area contributed by atoms with Gasteiger partial charge in [0.05, 0.1) is 37.3 Å². The van der Waals surface area contributed by atoms with Gasteiger partial charge in [0.2, 0.25) is 15.9 Å². The molecule has 0 unspecified atom stereocenters. The van der Waals surface area contributed by atoms with Crippen LogP contribution in [0, 0.1) is 22.2 Å². The number of methoxy groups -OCH3 is 1. The number of nitrogens with zero attached hydrogens (tertiary/aromatic N) is 1. The largest absolute Gasteiger partial charge is 0.469 e. The van der Waals surface area contributed by atoms with E-state index in [0.717, 1.165) is 17.1 Å². The first-order valence-electron chi connectivity index (χ1n) is 10.9. The lowest BCUT2D eigenvalue weighted by molar-refractivity contribution is -0.151. The molecule has 0 radical (unpaired) electrons. The van der Waals surface area contributed by atoms with Gasteiger partial charge in [-0.25, -0.2) is 17.5 Å². The normalized spacial score (nSPS) is 36.8. The van der Waals surface area contributed by atoms with Gasteiger partial charge in [0.15, 0.2) is 0 Å². The maximum atomic E-state index is 13.9. The van der Waals surface area contributed by atoms with Gasteiger partial charge < -0.3 is 9.47 Å². The van der Waals surface area contributed by atoms with Crippen LogP contribution in [0.4, 0.5) is 0 Å². The SMILES string of the molecule is CCOC(=O)C1=CC[C@@](CC(=O)OC)(C(=O)N2[C@@H]3C[C@H]4CC[C@]3(CS2(=O)=O)C4(C)C)C1. The highest BCUT2D eigenvalue weighted by molar-refractivity contribution is 7.90. The maximum Gasteiger partial charge on any atom is 0.333 e. The topological polar surface area (TPSA) is 107 Å². The molecular weight excluding hydrogens is 422 g/mol. The van der Waals surface area contributed by atoms with Crippen LogP contribution in [0.5, 0.6) is 0 Å². The predicted octanol–water partition coefficient (Wildman–Crippen LogP) is 2.19. The van der Waals surface area contributed by atoms with E-state index in [0.29, 0.717) is 17.9 Å². The van der Waals surface area contributed by atoms with Gasteiger partial charge in [-0.2, -0.15) is 0 Å². The number of carbonyl (C=O) groups is 3. The number of hydrogen-bond acceptors (Lipinski definition) is 7. The molecule has 4 aliphatic rings. The van der Waals surface area contributed by atoms with E-state index < -0.39 is 38.7 Å². The molecule has 4 atom stereocenters. The van der Waals surface area contributed by atoms with E-state index in [1.54, 1.807) is 13.0 Å². The Hall–Kier alpha value is -1.90. The maximum absolute atomic E-state index is 13.9. The van der Waals surface area contributed by atoms with E-state index in [9.17, 15) is 22.8 Å². The number of hydrogen-bond donors (Lipinski definition) is 0. The molecule has 1 aliphatic heterocycles. The molecule has 31 heavy (non-hydrogen) atoms. The molecule has 3 fully saturated rings. The van der Waals surface area contributed by atoms with Crippen molar-refractivity contribution in [3.63, 3.8) is 0 Å². The fourth-order valence-corrected chi connectivity index (χ4v) is 9.34. The molecule has 0 N–H and O–H groups in total. The molecule has 1 heterocycles. The van der Waals surface area contributed by atoms with Gasteiger partial charge >= 0.3 is 11.9 Å². The summed E-state index contributed by atoms with van der Waals surface area (Å²) < 4.78 is 37.7. The molecule has 1 spiro atoms. The Morgan fingerprint density at radius 3 is 2.58 bits per heavy atom. The zero-order valence-corrected chi connectivity index (χ0v) is 19.4. The van der Waals surface area contributed by atoms with Crippen molar-refractivity contribution < 1.29 is 32.3 Å². The summed E-state index contributed by atoms with van der Waals surface area (Å²) in [7, 11) is -2.60. The van der Waals surface area contributed by atoms with E-state index >= 15 is 0 Å². The fourth-order valence-electron chi connectivity index (χ4n) is 6.72. The van der Waals surface area contributed by atoms with E-state index in [2.05, 4.69) is 13.8 Å². The Morgan fingerprint density at radius 1 is 1.26 bits per heavy atom. The summed E-state index contributed by atoms with van der Waals surface area (Å²) in [6.07, 6.45) is 3.82. The first-order valence-corrected chi connectivity index (χ1v) is 12.5. The minimum atomic E-state index is -3.83. The van der Waals surface area contributed by atoms with E-state index in [1.165, 1.54) is 7.11 Å². The number of allylic oxidation sites excluding steroid dienone is 1. The van der Waals surface area contributed by atoms with Crippen LogP contribution in [0.3, 0.4) is 0 Å². The quantitative estimate of drug-likeness (QED) is 0.587. The Balaban J connectivity index is 1.70. The summed E-state index contributed by atoms with van der Waals surface area (Å²) >= 11 is 0. The molecule has 1 amide bonds. The monoisotopic (exact) mass is 453 g/mol. The van der Waals surface area contributed by atoms with Gasteiger partial charge in [-0.1, -0.05) is 19.9 Å². The van der Waals surface area contributed by atoms with E-state index in [-0.39, 0.29) is 43.1 Å². The standard InChI is InChI=1S/C22H31NO7S/c1-5-30-18(25)14-6-8-21(11-14,12-17(24)29-4)19(26)23-16-10-15-7-9-22(16,20(15,2)3)13-31(23,27)28/h6,15-16H,5,7-13H2,1-4H3/t15-,16-,21-,22-/m1/s1. The second kappa shape index (κ2) is 7.05. The molecule has 8 nitrogen and oxygen atoms in total. The zero-order chi connectivity index (χ0) is 22.8. The Morgan fingerprint density at radius 2 is 1.97 bits per heavy atom. The first kappa shape index (κ1) is 22.3. The van der Waals surface area contributed by atoms with Crippen molar-refractivity contribution in [1.29, 1.82) is 0 Å². The number of fused-ring (bicyclic) bond motifs is 1. The van der Waals surface area contributed by atoms with E-state index in [4.69, 9.17) is 9.47 Å². The number of ether oxygens (including phenoxy) is 2. The second-order valence-electron chi connectivity index (χ2n) is 10.1. The van der Waals surface area contributed by atoms with Crippen molar-refractivity contribution in [3.05, 3.63) is 11.6 Å². The molecule has 0 aromatic rings. The van der Waals surface area contributed by atoms with Crippen molar-refractivity contribution in [1.82, 2.24) is 4.31 Å². The molecule has 3 aliphatic carbocycles. The fraction of sp³-hybridized carbons (Fsp3) is 0.773. The van der Waals surface area contributed by atoms with E-state index in [1.807, 2.05) is 0 Å². The third-order valence-electron chi connectivity index (χ3n) is 8.58. The average molecular weight is 454 g/mol. The van der Waals surface area contributed by atoms with Crippen LogP contribution < -0.4 is 0 Å². The number of sulfonamides is 1. The van der Waals surface area contributed by atoms with Crippen LogP contribution in [0.1, 0.15) is 59.3 Å². The summed E-state index contributed by atoms with van der Waals surface area (Å²) in [5.74, 6) is -1.39. The molecule has 0 aromatic carbocycles. The van der Waals surface area contributed by atoms with Crippen molar-refractivity contribution in [2.24, 2.45) is 22.2 Å². The third kappa shape index (κ3) is 2.98. The van der Waals surface area contributed by atoms with Crippen LogP contribution >= 0.6 is 0 Å². The van der Waals surface area contributed by atoms with Gasteiger partial charge in [-0.05, 0) is 50.4 Å². The lowest BCUT2D eigenvalue weighted by atomic mass is 9.68. The van der Waals surface area contributed by atoms with Gasteiger partial charge in [-0.15, -0.1) is 0 Å². The highest BCUT2D eigenvalue weighted by Gasteiger charge is 2.73. The third-order valence-corrected chi connectivity index (χ3v) is 10.5. The lowest BCUT2D eigenvalue weighted by Gasteiger charge is -2.39. The van der Waals surface area contributed by atoms with Crippen molar-refractivity contribution >= 4 is 27.9 Å². The average Bonchev–Trinajstić information content (AvgIpc) is 3.35. The van der Waals surface area contributed by atoms with Crippen LogP contribution in [-0.2, 0) is 33.9 Å². The Kier molecular flexibility index (Phi) is 5.07. The lowest BCUT2D eigenvalue weighted by Crippen LogP contribution is -2.50. The molecule has 0 aromatic heterocycles. The summed E-state index contributed by atoms with van der Waals surface area (Å²) in [5.41, 5.74) is -1.66. The molecule has 4 rings (SSSR count). The Bertz CT molecular complexity index is 968. The second-order valence-corrected chi connectivity index (χ2v) is 11.9. The number of rotatable bonds is 5. The molecule has 9 heteroatoms. The minimum Gasteiger partial charge on any atom is -0.469 e. The van der Waals surface area contributed by atoms with Gasteiger partial charge in [0.25, 0.3) is 0 Å². The van der Waals surface area contributed by atoms with Crippen LogP contribution in [0.25, 0.3) is 0 Å². The van der Waals surface area contributed by atoms with Gasteiger partial charge in [0, 0.05) is 11.0 Å². The predicted molar refractivity (Wildman–Crippen MR) is 111 cm³/mol. The van der Waals surface area contributed by atoms with Gasteiger partial charge in [-0.3, -0.25) is 9.59 Å². The van der Waals surface area contributed by atoms with Crippen molar-refractivity contribution in [2.45, 2.75) is 65.3 Å². The molecule has 1 saturated heterocycles. The smallest absolute Gasteiger partial charge is 0.333 e. The summed E-state index contributed by atoms with van der Waals surface area (Å²) in [6, 6.07) is -0.389. The molecular formula is C22H31NO7S. The summed E-state index contributed by atoms with van der Waals surface area (Å²) in [5, 5.41) is 0.